The number of nitrogens with zero attached hydrogens (tertiary/aromatic N) is 1. The summed E-state index contributed by atoms with van der Waals surface area (Å²) in [7, 11) is -3.76. The van der Waals surface area contributed by atoms with Crippen molar-refractivity contribution in [3.8, 4) is 0 Å². The molecule has 0 unspecified atom stereocenters. The fourth-order valence-corrected chi connectivity index (χ4v) is 3.34. The molecule has 0 spiro atoms. The lowest BCUT2D eigenvalue weighted by molar-refractivity contribution is 0.594. The van der Waals surface area contributed by atoms with Gasteiger partial charge in [-0.1, -0.05) is 29.8 Å². The van der Waals surface area contributed by atoms with E-state index >= 15 is 0 Å². The van der Waals surface area contributed by atoms with Crippen molar-refractivity contribution in [2.75, 3.05) is 0 Å². The number of primary sulfonamides is 1. The Morgan fingerprint density at radius 1 is 0.955 bits per heavy atom. The number of hydrogen-bond acceptors (Lipinski definition) is 3. The first-order chi connectivity index (χ1) is 10.4. The van der Waals surface area contributed by atoms with Gasteiger partial charge in [0.2, 0.25) is 0 Å². The van der Waals surface area contributed by atoms with Crippen LogP contribution in [0.5, 0.6) is 0 Å². The fraction of sp³-hybridized carbons (Fsp3) is 0.188. The quantitative estimate of drug-likeness (QED) is 0.933. The van der Waals surface area contributed by atoms with Gasteiger partial charge in [0, 0.05) is 11.2 Å². The molecule has 0 atom stereocenters. The van der Waals surface area contributed by atoms with E-state index in [-0.39, 0.29) is 5.03 Å². The van der Waals surface area contributed by atoms with Gasteiger partial charge >= 0.3 is 0 Å². The zero-order valence-electron chi connectivity index (χ0n) is 11.8. The van der Waals surface area contributed by atoms with Gasteiger partial charge in [0.15, 0.2) is 5.03 Å². The third-order valence-corrected chi connectivity index (χ3v) is 4.86. The number of benzene rings is 1. The number of rotatable bonds is 3. The van der Waals surface area contributed by atoms with Crippen LogP contribution in [0.1, 0.15) is 30.4 Å². The Hall–Kier alpha value is -1.69. The van der Waals surface area contributed by atoms with Gasteiger partial charge in [-0.15, -0.1) is 0 Å². The van der Waals surface area contributed by atoms with Gasteiger partial charge in [-0.3, -0.25) is 0 Å². The summed E-state index contributed by atoms with van der Waals surface area (Å²) in [6.45, 7) is 0. The molecule has 6 heteroatoms. The summed E-state index contributed by atoms with van der Waals surface area (Å²) in [5.74, 6) is 0. The Kier molecular flexibility index (Phi) is 4.04. The van der Waals surface area contributed by atoms with E-state index in [4.69, 9.17) is 16.7 Å². The largest absolute Gasteiger partial charge is 0.255 e. The fourth-order valence-electron chi connectivity index (χ4n) is 2.76. The minimum absolute atomic E-state index is 0.108. The predicted molar refractivity (Wildman–Crippen MR) is 87.7 cm³/mol. The second-order valence-corrected chi connectivity index (χ2v) is 7.19. The van der Waals surface area contributed by atoms with E-state index in [9.17, 15) is 8.42 Å². The average molecular weight is 335 g/mol. The molecule has 0 saturated heterocycles. The highest BCUT2D eigenvalue weighted by Gasteiger charge is 2.18. The number of nitrogens with two attached hydrogens (primary N) is 1. The van der Waals surface area contributed by atoms with Crippen LogP contribution in [0, 0.1) is 0 Å². The Morgan fingerprint density at radius 2 is 1.55 bits per heavy atom. The van der Waals surface area contributed by atoms with Crippen LogP contribution in [-0.4, -0.2) is 13.4 Å². The average Bonchev–Trinajstić information content (AvgIpc) is 2.97. The molecule has 2 N–H and O–H groups in total. The molecule has 114 valence electrons. The van der Waals surface area contributed by atoms with Crippen LogP contribution < -0.4 is 5.14 Å². The smallest absolute Gasteiger partial charge is 0.243 e. The van der Waals surface area contributed by atoms with Crippen LogP contribution >= 0.6 is 11.6 Å². The van der Waals surface area contributed by atoms with Crippen LogP contribution in [0.25, 0.3) is 11.1 Å². The SMILES string of the molecule is NS(=O)(=O)c1ccc(C2=C(c3ccc(Cl)cc3)CCC2)cn1. The molecular formula is C16H15ClN2O2S. The normalized spacial score (nSPS) is 15.4. The number of allylic oxidation sites excluding steroid dienone is 2. The molecule has 0 saturated carbocycles. The molecule has 0 amide bonds. The van der Waals surface area contributed by atoms with Gasteiger partial charge in [-0.05, 0) is 59.7 Å². The van der Waals surface area contributed by atoms with E-state index in [0.29, 0.717) is 5.02 Å². The molecule has 1 aliphatic rings. The lowest BCUT2D eigenvalue weighted by atomic mass is 9.98. The van der Waals surface area contributed by atoms with Gasteiger partial charge in [-0.2, -0.15) is 0 Å². The topological polar surface area (TPSA) is 73.1 Å². The second kappa shape index (κ2) is 5.83. The van der Waals surface area contributed by atoms with E-state index in [2.05, 4.69) is 4.98 Å². The lowest BCUT2D eigenvalue weighted by Gasteiger charge is -2.09. The van der Waals surface area contributed by atoms with E-state index < -0.39 is 10.0 Å². The lowest BCUT2D eigenvalue weighted by Crippen LogP contribution is -2.13. The molecule has 0 fully saturated rings. The highest BCUT2D eigenvalue weighted by atomic mass is 35.5. The number of hydrogen-bond donors (Lipinski definition) is 1. The standard InChI is InChI=1S/C16H15ClN2O2S/c17-13-7-4-11(5-8-13)14-2-1-3-15(14)12-6-9-16(19-10-12)22(18,20)21/h4-10H,1-3H2,(H2,18,20,21). The van der Waals surface area contributed by atoms with Crippen molar-refractivity contribution in [2.45, 2.75) is 24.3 Å². The van der Waals surface area contributed by atoms with Crippen molar-refractivity contribution in [3.63, 3.8) is 0 Å². The van der Waals surface area contributed by atoms with E-state index in [1.54, 1.807) is 12.3 Å². The molecule has 4 nitrogen and oxygen atoms in total. The van der Waals surface area contributed by atoms with Gasteiger partial charge in [-0.25, -0.2) is 18.5 Å². The zero-order chi connectivity index (χ0) is 15.7. The minimum Gasteiger partial charge on any atom is -0.243 e. The number of sulfonamides is 1. The van der Waals surface area contributed by atoms with Gasteiger partial charge in [0.1, 0.15) is 0 Å². The monoisotopic (exact) mass is 334 g/mol. The maximum Gasteiger partial charge on any atom is 0.255 e. The molecular weight excluding hydrogens is 320 g/mol. The van der Waals surface area contributed by atoms with Crippen LogP contribution in [-0.2, 0) is 10.0 Å². The van der Waals surface area contributed by atoms with Crippen molar-refractivity contribution >= 4 is 32.8 Å². The van der Waals surface area contributed by atoms with Crippen molar-refractivity contribution in [1.82, 2.24) is 4.98 Å². The summed E-state index contributed by atoms with van der Waals surface area (Å²) in [5.41, 5.74) is 4.56. The number of pyridine rings is 1. The van der Waals surface area contributed by atoms with Crippen molar-refractivity contribution in [1.29, 1.82) is 0 Å². The summed E-state index contributed by atoms with van der Waals surface area (Å²) >= 11 is 5.94. The number of aromatic nitrogens is 1. The van der Waals surface area contributed by atoms with E-state index in [1.165, 1.54) is 17.2 Å². The van der Waals surface area contributed by atoms with Gasteiger partial charge in [0.05, 0.1) is 0 Å². The first-order valence-corrected chi connectivity index (χ1v) is 8.85. The summed E-state index contributed by atoms with van der Waals surface area (Å²) in [5, 5.41) is 5.68. The Morgan fingerprint density at radius 3 is 2.09 bits per heavy atom. The first-order valence-electron chi connectivity index (χ1n) is 6.92. The molecule has 1 aromatic carbocycles. The van der Waals surface area contributed by atoms with Gasteiger partial charge in [0.25, 0.3) is 10.0 Å². The Labute approximate surface area is 134 Å². The van der Waals surface area contributed by atoms with Crippen molar-refractivity contribution in [3.05, 3.63) is 58.7 Å². The molecule has 0 aliphatic heterocycles. The van der Waals surface area contributed by atoms with Gasteiger partial charge < -0.3 is 0 Å². The molecule has 1 heterocycles. The summed E-state index contributed by atoms with van der Waals surface area (Å²) in [4.78, 5) is 3.97. The van der Waals surface area contributed by atoms with Crippen molar-refractivity contribution < 1.29 is 8.42 Å². The summed E-state index contributed by atoms with van der Waals surface area (Å²) in [6, 6.07) is 11.0. The molecule has 1 aromatic heterocycles. The maximum atomic E-state index is 11.3. The van der Waals surface area contributed by atoms with Crippen LogP contribution in [0.15, 0.2) is 47.6 Å². The zero-order valence-corrected chi connectivity index (χ0v) is 13.4. The molecule has 1 aliphatic carbocycles. The first kappa shape index (κ1) is 15.2. The minimum atomic E-state index is -3.76. The molecule has 3 rings (SSSR count). The van der Waals surface area contributed by atoms with E-state index in [0.717, 1.165) is 30.4 Å². The molecule has 22 heavy (non-hydrogen) atoms. The predicted octanol–water partition coefficient (Wildman–Crippen LogP) is 3.48. The Balaban J connectivity index is 2.01. The van der Waals surface area contributed by atoms with Crippen molar-refractivity contribution in [2.24, 2.45) is 5.14 Å². The highest BCUT2D eigenvalue weighted by molar-refractivity contribution is 7.89. The third kappa shape index (κ3) is 3.06. The summed E-state index contributed by atoms with van der Waals surface area (Å²) in [6.07, 6.45) is 4.60. The third-order valence-electron chi connectivity index (χ3n) is 3.79. The molecule has 2 aromatic rings. The highest BCUT2D eigenvalue weighted by Crippen LogP contribution is 2.39. The molecule has 0 bridgehead atoms. The van der Waals surface area contributed by atoms with Crippen LogP contribution in [0.2, 0.25) is 5.02 Å². The Bertz CT molecular complexity index is 825. The summed E-state index contributed by atoms with van der Waals surface area (Å²) < 4.78 is 22.5. The van der Waals surface area contributed by atoms with Crippen LogP contribution in [0.4, 0.5) is 0 Å². The second-order valence-electron chi connectivity index (χ2n) is 5.25. The number of halogens is 1. The van der Waals surface area contributed by atoms with E-state index in [1.807, 2.05) is 24.3 Å². The van der Waals surface area contributed by atoms with Crippen LogP contribution in [0.3, 0.4) is 0 Å². The maximum absolute atomic E-state index is 11.3. The molecule has 0 radical (unpaired) electrons.